The van der Waals surface area contributed by atoms with Crippen LogP contribution in [0.3, 0.4) is 0 Å². The summed E-state index contributed by atoms with van der Waals surface area (Å²) < 4.78 is 15.2. The molecular weight excluding hydrogens is 369 g/mol. The van der Waals surface area contributed by atoms with Gasteiger partial charge in [-0.05, 0) is 36.4 Å². The van der Waals surface area contributed by atoms with Gasteiger partial charge in [0.2, 0.25) is 0 Å². The Bertz CT molecular complexity index is 795. The second-order valence-corrected chi connectivity index (χ2v) is 5.66. The van der Waals surface area contributed by atoms with Gasteiger partial charge < -0.3 is 19.5 Å². The number of benzene rings is 2. The Morgan fingerprint density at radius 3 is 2.44 bits per heavy atom. The fourth-order valence-corrected chi connectivity index (χ4v) is 2.42. The molecule has 0 radical (unpaired) electrons. The minimum atomic E-state index is -0.715. The molecule has 2 aromatic rings. The molecule has 0 spiro atoms. The highest BCUT2D eigenvalue weighted by Gasteiger charge is 2.17. The molecule has 0 unspecified atom stereocenters. The maximum atomic E-state index is 12.2. The van der Waals surface area contributed by atoms with E-state index in [0.29, 0.717) is 22.2 Å². The molecule has 2 rings (SSSR count). The summed E-state index contributed by atoms with van der Waals surface area (Å²) in [5, 5.41) is 3.26. The fourth-order valence-electron chi connectivity index (χ4n) is 1.96. The largest absolute Gasteiger partial charge is 0.497 e. The van der Waals surface area contributed by atoms with Crippen molar-refractivity contribution in [3.05, 3.63) is 52.0 Å². The van der Waals surface area contributed by atoms with Crippen LogP contribution in [0.5, 0.6) is 11.5 Å². The molecule has 0 aliphatic carbocycles. The molecule has 0 aromatic heterocycles. The standard InChI is InChI=1S/C17H15Cl2NO5/c1-23-11-4-6-15(24-2)12(8-11)17(22)25-9-16(21)20-14-5-3-10(18)7-13(14)19/h3-8H,9H2,1-2H3,(H,20,21). The molecular formula is C17H15Cl2NO5. The van der Waals surface area contributed by atoms with Gasteiger partial charge in [0, 0.05) is 5.02 Å². The highest BCUT2D eigenvalue weighted by Crippen LogP contribution is 2.26. The van der Waals surface area contributed by atoms with Gasteiger partial charge in [-0.25, -0.2) is 4.79 Å². The molecule has 0 fully saturated rings. The number of ether oxygens (including phenoxy) is 3. The Kier molecular flexibility index (Phi) is 6.50. The number of nitrogens with one attached hydrogen (secondary N) is 1. The van der Waals surface area contributed by atoms with E-state index < -0.39 is 18.5 Å². The third kappa shape index (κ3) is 5.01. The number of anilines is 1. The van der Waals surface area contributed by atoms with Crippen LogP contribution in [0.2, 0.25) is 10.0 Å². The van der Waals surface area contributed by atoms with Gasteiger partial charge in [-0.3, -0.25) is 4.79 Å². The van der Waals surface area contributed by atoms with E-state index in [4.69, 9.17) is 37.4 Å². The van der Waals surface area contributed by atoms with Gasteiger partial charge in [0.15, 0.2) is 6.61 Å². The first-order chi connectivity index (χ1) is 11.9. The van der Waals surface area contributed by atoms with Crippen molar-refractivity contribution < 1.29 is 23.8 Å². The van der Waals surface area contributed by atoms with E-state index in [1.54, 1.807) is 24.3 Å². The molecule has 0 saturated carbocycles. The smallest absolute Gasteiger partial charge is 0.342 e. The average molecular weight is 384 g/mol. The molecule has 1 N–H and O–H groups in total. The van der Waals surface area contributed by atoms with Crippen LogP contribution < -0.4 is 14.8 Å². The van der Waals surface area contributed by atoms with Crippen molar-refractivity contribution in [3.63, 3.8) is 0 Å². The Morgan fingerprint density at radius 1 is 1.04 bits per heavy atom. The maximum absolute atomic E-state index is 12.2. The van der Waals surface area contributed by atoms with Gasteiger partial charge in [0.25, 0.3) is 5.91 Å². The molecule has 132 valence electrons. The van der Waals surface area contributed by atoms with Crippen LogP contribution in [-0.2, 0) is 9.53 Å². The van der Waals surface area contributed by atoms with E-state index in [2.05, 4.69) is 5.32 Å². The first-order valence-electron chi connectivity index (χ1n) is 7.08. The topological polar surface area (TPSA) is 73.9 Å². The molecule has 0 aliphatic rings. The second-order valence-electron chi connectivity index (χ2n) is 4.81. The van der Waals surface area contributed by atoms with E-state index in [1.807, 2.05) is 0 Å². The minimum Gasteiger partial charge on any atom is -0.497 e. The summed E-state index contributed by atoms with van der Waals surface area (Å²) in [6.07, 6.45) is 0. The summed E-state index contributed by atoms with van der Waals surface area (Å²) in [7, 11) is 2.90. The molecule has 0 aliphatic heterocycles. The van der Waals surface area contributed by atoms with Crippen LogP contribution in [0.1, 0.15) is 10.4 Å². The average Bonchev–Trinajstić information content (AvgIpc) is 2.61. The summed E-state index contributed by atoms with van der Waals surface area (Å²) in [5.74, 6) is -0.482. The van der Waals surface area contributed by atoms with Crippen LogP contribution in [0.4, 0.5) is 5.69 Å². The van der Waals surface area contributed by atoms with Gasteiger partial charge in [0.05, 0.1) is 24.9 Å². The zero-order valence-corrected chi connectivity index (χ0v) is 15.0. The predicted molar refractivity (Wildman–Crippen MR) is 94.9 cm³/mol. The Balaban J connectivity index is 2.00. The first-order valence-corrected chi connectivity index (χ1v) is 7.84. The lowest BCUT2D eigenvalue weighted by Gasteiger charge is -2.11. The van der Waals surface area contributed by atoms with Crippen molar-refractivity contribution in [1.82, 2.24) is 0 Å². The van der Waals surface area contributed by atoms with Crippen LogP contribution in [-0.4, -0.2) is 32.7 Å². The molecule has 6 nitrogen and oxygen atoms in total. The van der Waals surface area contributed by atoms with Crippen molar-refractivity contribution in [2.24, 2.45) is 0 Å². The van der Waals surface area contributed by atoms with Crippen LogP contribution in [0.25, 0.3) is 0 Å². The van der Waals surface area contributed by atoms with E-state index in [-0.39, 0.29) is 10.6 Å². The van der Waals surface area contributed by atoms with Crippen molar-refractivity contribution in [2.75, 3.05) is 26.1 Å². The normalized spacial score (nSPS) is 10.1. The maximum Gasteiger partial charge on any atom is 0.342 e. The summed E-state index contributed by atoms with van der Waals surface area (Å²) in [6.45, 7) is -0.488. The number of halogens is 2. The Hall–Kier alpha value is -2.44. The monoisotopic (exact) mass is 383 g/mol. The number of hydrogen-bond donors (Lipinski definition) is 1. The highest BCUT2D eigenvalue weighted by atomic mass is 35.5. The van der Waals surface area contributed by atoms with Crippen molar-refractivity contribution in [2.45, 2.75) is 0 Å². The van der Waals surface area contributed by atoms with E-state index in [0.717, 1.165) is 0 Å². The van der Waals surface area contributed by atoms with E-state index in [1.165, 1.54) is 26.4 Å². The highest BCUT2D eigenvalue weighted by molar-refractivity contribution is 6.36. The first kappa shape index (κ1) is 18.9. The molecule has 0 bridgehead atoms. The Labute approximate surface area is 154 Å². The number of hydrogen-bond acceptors (Lipinski definition) is 5. The minimum absolute atomic E-state index is 0.152. The lowest BCUT2D eigenvalue weighted by Crippen LogP contribution is -2.21. The number of rotatable bonds is 6. The lowest BCUT2D eigenvalue weighted by atomic mass is 10.2. The Morgan fingerprint density at radius 2 is 1.80 bits per heavy atom. The summed E-state index contributed by atoms with van der Waals surface area (Å²) in [5.41, 5.74) is 0.519. The van der Waals surface area contributed by atoms with Crippen LogP contribution in [0, 0.1) is 0 Å². The number of methoxy groups -OCH3 is 2. The van der Waals surface area contributed by atoms with Gasteiger partial charge in [-0.2, -0.15) is 0 Å². The zero-order valence-electron chi connectivity index (χ0n) is 13.5. The number of esters is 1. The molecule has 0 atom stereocenters. The second kappa shape index (κ2) is 8.60. The SMILES string of the molecule is COc1ccc(OC)c(C(=O)OCC(=O)Nc2ccc(Cl)cc2Cl)c1. The van der Waals surface area contributed by atoms with Gasteiger partial charge >= 0.3 is 5.97 Å². The summed E-state index contributed by atoms with van der Waals surface area (Å²) >= 11 is 11.8. The third-order valence-electron chi connectivity index (χ3n) is 3.17. The quantitative estimate of drug-likeness (QED) is 0.767. The lowest BCUT2D eigenvalue weighted by molar-refractivity contribution is -0.119. The van der Waals surface area contributed by atoms with E-state index in [9.17, 15) is 9.59 Å². The number of carbonyl (C=O) groups excluding carboxylic acids is 2. The van der Waals surface area contributed by atoms with Crippen LogP contribution >= 0.6 is 23.2 Å². The van der Waals surface area contributed by atoms with Gasteiger partial charge in [-0.15, -0.1) is 0 Å². The van der Waals surface area contributed by atoms with Crippen molar-refractivity contribution >= 4 is 40.8 Å². The zero-order chi connectivity index (χ0) is 18.4. The molecule has 8 heteroatoms. The third-order valence-corrected chi connectivity index (χ3v) is 3.71. The fraction of sp³-hybridized carbons (Fsp3) is 0.176. The van der Waals surface area contributed by atoms with Gasteiger partial charge in [0.1, 0.15) is 17.1 Å². The van der Waals surface area contributed by atoms with Crippen LogP contribution in [0.15, 0.2) is 36.4 Å². The molecule has 1 amide bonds. The van der Waals surface area contributed by atoms with Crippen molar-refractivity contribution in [3.8, 4) is 11.5 Å². The molecule has 0 saturated heterocycles. The number of carbonyl (C=O) groups is 2. The summed E-state index contributed by atoms with van der Waals surface area (Å²) in [4.78, 5) is 24.1. The van der Waals surface area contributed by atoms with Gasteiger partial charge in [-0.1, -0.05) is 23.2 Å². The predicted octanol–water partition coefficient (Wildman–Crippen LogP) is 3.81. The number of amides is 1. The summed E-state index contributed by atoms with van der Waals surface area (Å²) in [6, 6.07) is 9.31. The van der Waals surface area contributed by atoms with E-state index >= 15 is 0 Å². The molecule has 25 heavy (non-hydrogen) atoms. The molecule has 0 heterocycles. The molecule has 2 aromatic carbocycles. The van der Waals surface area contributed by atoms with Crippen molar-refractivity contribution in [1.29, 1.82) is 0 Å².